The number of benzene rings is 2. The van der Waals surface area contributed by atoms with E-state index in [1.807, 2.05) is 0 Å². The number of hydrogen-bond donors (Lipinski definition) is 2. The zero-order valence-electron chi connectivity index (χ0n) is 15.5. The summed E-state index contributed by atoms with van der Waals surface area (Å²) in [6.07, 6.45) is 0. The van der Waals surface area contributed by atoms with Crippen molar-refractivity contribution in [1.29, 1.82) is 0 Å². The molecule has 0 aliphatic heterocycles. The van der Waals surface area contributed by atoms with Crippen molar-refractivity contribution in [2.45, 2.75) is 6.04 Å². The molecule has 0 saturated heterocycles. The van der Waals surface area contributed by atoms with Crippen LogP contribution in [0.5, 0.6) is 17.2 Å². The van der Waals surface area contributed by atoms with Gasteiger partial charge in [0.2, 0.25) is 0 Å². The highest BCUT2D eigenvalue weighted by atomic mass is 16.6. The Kier molecular flexibility index (Phi) is 5.41. The standard InChI is InChI=1S/C18H19N5O5/c1-26-13-6-5-11(8-12(13)23(24)25)17-20-18(22-21-17)16(19)10-4-7-14(27-2)15(9-10)28-3/h4-9,16H,19H2,1-3H3,(H,20,21,22). The fourth-order valence-corrected chi connectivity index (χ4v) is 2.72. The molecular formula is C18H19N5O5. The lowest BCUT2D eigenvalue weighted by atomic mass is 10.1. The van der Waals surface area contributed by atoms with Crippen molar-refractivity contribution in [3.8, 4) is 28.6 Å². The second-order valence-corrected chi connectivity index (χ2v) is 5.78. The summed E-state index contributed by atoms with van der Waals surface area (Å²) in [6.45, 7) is 0. The van der Waals surface area contributed by atoms with Crippen molar-refractivity contribution in [3.05, 3.63) is 57.9 Å². The van der Waals surface area contributed by atoms with Gasteiger partial charge in [0, 0.05) is 11.6 Å². The first-order valence-electron chi connectivity index (χ1n) is 8.21. The first-order chi connectivity index (χ1) is 13.5. The molecule has 3 aromatic rings. The van der Waals surface area contributed by atoms with E-state index in [2.05, 4.69) is 15.2 Å². The summed E-state index contributed by atoms with van der Waals surface area (Å²) in [5, 5.41) is 18.1. The van der Waals surface area contributed by atoms with E-state index in [4.69, 9.17) is 19.9 Å². The quantitative estimate of drug-likeness (QED) is 0.467. The number of aromatic nitrogens is 3. The highest BCUT2D eigenvalue weighted by Gasteiger charge is 2.20. The van der Waals surface area contributed by atoms with Gasteiger partial charge in [-0.2, -0.15) is 5.10 Å². The molecule has 0 saturated carbocycles. The predicted octanol–water partition coefficient (Wildman–Crippen LogP) is 2.45. The number of methoxy groups -OCH3 is 3. The first kappa shape index (κ1) is 19.1. The van der Waals surface area contributed by atoms with E-state index in [-0.39, 0.29) is 17.3 Å². The molecule has 10 heteroatoms. The molecule has 1 aromatic heterocycles. The van der Waals surface area contributed by atoms with Crippen LogP contribution in [0.3, 0.4) is 0 Å². The van der Waals surface area contributed by atoms with Crippen molar-refractivity contribution in [1.82, 2.24) is 15.2 Å². The van der Waals surface area contributed by atoms with Crippen LogP contribution in [0.15, 0.2) is 36.4 Å². The summed E-state index contributed by atoms with van der Waals surface area (Å²) in [5.41, 5.74) is 7.32. The minimum atomic E-state index is -0.603. The smallest absolute Gasteiger partial charge is 0.311 e. The maximum Gasteiger partial charge on any atom is 0.311 e. The molecule has 1 atom stereocenters. The SMILES string of the molecule is COc1ccc(C(N)c2nc(-c3ccc(OC)c([N+](=O)[O-])c3)n[nH]2)cc1OC. The molecule has 0 bridgehead atoms. The Bertz CT molecular complexity index is 1000. The molecule has 10 nitrogen and oxygen atoms in total. The molecule has 28 heavy (non-hydrogen) atoms. The lowest BCUT2D eigenvalue weighted by Crippen LogP contribution is -2.14. The zero-order chi connectivity index (χ0) is 20.3. The van der Waals surface area contributed by atoms with Gasteiger partial charge in [0.1, 0.15) is 5.82 Å². The van der Waals surface area contributed by atoms with E-state index in [9.17, 15) is 10.1 Å². The lowest BCUT2D eigenvalue weighted by Gasteiger charge is -2.13. The van der Waals surface area contributed by atoms with Gasteiger partial charge in [0.15, 0.2) is 23.1 Å². The second kappa shape index (κ2) is 7.92. The molecule has 3 N–H and O–H groups in total. The van der Waals surface area contributed by atoms with Crippen molar-refractivity contribution in [3.63, 3.8) is 0 Å². The molecule has 0 aliphatic carbocycles. The fraction of sp³-hybridized carbons (Fsp3) is 0.222. The van der Waals surface area contributed by atoms with Gasteiger partial charge in [-0.3, -0.25) is 15.2 Å². The van der Waals surface area contributed by atoms with Crippen LogP contribution in [0, 0.1) is 10.1 Å². The lowest BCUT2D eigenvalue weighted by molar-refractivity contribution is -0.385. The average Bonchev–Trinajstić information content (AvgIpc) is 3.22. The third kappa shape index (κ3) is 3.58. The van der Waals surface area contributed by atoms with Crippen LogP contribution in [0.1, 0.15) is 17.4 Å². The average molecular weight is 385 g/mol. The predicted molar refractivity (Wildman–Crippen MR) is 101 cm³/mol. The van der Waals surface area contributed by atoms with Gasteiger partial charge in [-0.1, -0.05) is 6.07 Å². The molecule has 0 amide bonds. The number of aromatic amines is 1. The topological polar surface area (TPSA) is 138 Å². The summed E-state index contributed by atoms with van der Waals surface area (Å²) in [5.74, 6) is 1.98. The number of rotatable bonds is 7. The molecule has 0 spiro atoms. The largest absolute Gasteiger partial charge is 0.493 e. The number of H-pyrrole nitrogens is 1. The van der Waals surface area contributed by atoms with Crippen molar-refractivity contribution >= 4 is 5.69 Å². The molecule has 1 heterocycles. The van der Waals surface area contributed by atoms with E-state index >= 15 is 0 Å². The maximum atomic E-state index is 11.2. The summed E-state index contributed by atoms with van der Waals surface area (Å²) >= 11 is 0. The van der Waals surface area contributed by atoms with E-state index in [0.29, 0.717) is 22.9 Å². The Balaban J connectivity index is 1.92. The van der Waals surface area contributed by atoms with E-state index in [1.54, 1.807) is 31.4 Å². The van der Waals surface area contributed by atoms with Crippen molar-refractivity contribution < 1.29 is 19.1 Å². The summed E-state index contributed by atoms with van der Waals surface area (Å²) < 4.78 is 15.5. The van der Waals surface area contributed by atoms with E-state index in [1.165, 1.54) is 26.4 Å². The van der Waals surface area contributed by atoms with Crippen LogP contribution in [0.25, 0.3) is 11.4 Å². The fourth-order valence-electron chi connectivity index (χ4n) is 2.72. The van der Waals surface area contributed by atoms with Crippen LogP contribution in [-0.2, 0) is 0 Å². The third-order valence-corrected chi connectivity index (χ3v) is 4.20. The molecule has 0 radical (unpaired) electrons. The van der Waals surface area contributed by atoms with Gasteiger partial charge < -0.3 is 19.9 Å². The van der Waals surface area contributed by atoms with Crippen molar-refractivity contribution in [2.24, 2.45) is 5.73 Å². The van der Waals surface area contributed by atoms with E-state index in [0.717, 1.165) is 5.56 Å². The monoisotopic (exact) mass is 385 g/mol. The Morgan fingerprint density at radius 1 is 1.04 bits per heavy atom. The highest BCUT2D eigenvalue weighted by Crippen LogP contribution is 2.33. The second-order valence-electron chi connectivity index (χ2n) is 5.78. The maximum absolute atomic E-state index is 11.2. The van der Waals surface area contributed by atoms with Crippen LogP contribution in [0.2, 0.25) is 0 Å². The highest BCUT2D eigenvalue weighted by molar-refractivity contribution is 5.63. The van der Waals surface area contributed by atoms with E-state index < -0.39 is 11.0 Å². The third-order valence-electron chi connectivity index (χ3n) is 4.20. The van der Waals surface area contributed by atoms with Crippen LogP contribution < -0.4 is 19.9 Å². The van der Waals surface area contributed by atoms with Crippen LogP contribution in [-0.4, -0.2) is 41.4 Å². The number of ether oxygens (including phenoxy) is 3. The zero-order valence-corrected chi connectivity index (χ0v) is 15.5. The Labute approximate surface area is 160 Å². The Morgan fingerprint density at radius 3 is 2.36 bits per heavy atom. The van der Waals surface area contributed by atoms with Crippen LogP contribution in [0.4, 0.5) is 5.69 Å². The Hall–Kier alpha value is -3.66. The van der Waals surface area contributed by atoms with Crippen molar-refractivity contribution in [2.75, 3.05) is 21.3 Å². The minimum Gasteiger partial charge on any atom is -0.493 e. The van der Waals surface area contributed by atoms with Crippen LogP contribution >= 0.6 is 0 Å². The molecule has 146 valence electrons. The molecular weight excluding hydrogens is 366 g/mol. The van der Waals surface area contributed by atoms with Gasteiger partial charge in [0.25, 0.3) is 0 Å². The molecule has 2 aromatic carbocycles. The number of nitro benzene ring substituents is 1. The number of nitro groups is 1. The van der Waals surface area contributed by atoms with Gasteiger partial charge in [-0.05, 0) is 29.8 Å². The molecule has 3 rings (SSSR count). The summed E-state index contributed by atoms with van der Waals surface area (Å²) in [4.78, 5) is 15.1. The number of nitrogens with two attached hydrogens (primary N) is 1. The van der Waals surface area contributed by atoms with Gasteiger partial charge >= 0.3 is 5.69 Å². The number of hydrogen-bond acceptors (Lipinski definition) is 8. The van der Waals surface area contributed by atoms with Gasteiger partial charge in [-0.15, -0.1) is 0 Å². The number of nitrogens with one attached hydrogen (secondary N) is 1. The molecule has 1 unspecified atom stereocenters. The normalized spacial score (nSPS) is 11.7. The molecule has 0 aliphatic rings. The number of nitrogens with zero attached hydrogens (tertiary/aromatic N) is 3. The van der Waals surface area contributed by atoms with Gasteiger partial charge in [0.05, 0.1) is 32.3 Å². The molecule has 0 fully saturated rings. The minimum absolute atomic E-state index is 0.159. The first-order valence-corrected chi connectivity index (χ1v) is 8.21. The summed E-state index contributed by atoms with van der Waals surface area (Å²) in [7, 11) is 4.46. The Morgan fingerprint density at radius 2 is 1.71 bits per heavy atom. The summed E-state index contributed by atoms with van der Waals surface area (Å²) in [6, 6.07) is 9.19. The van der Waals surface area contributed by atoms with Gasteiger partial charge in [-0.25, -0.2) is 4.98 Å².